The highest BCUT2D eigenvalue weighted by Gasteiger charge is 2.38. The van der Waals surface area contributed by atoms with Crippen LogP contribution in [0, 0.1) is 11.6 Å². The lowest BCUT2D eigenvalue weighted by Gasteiger charge is -2.13. The molecule has 3 aromatic rings. The van der Waals surface area contributed by atoms with Crippen LogP contribution in [0.1, 0.15) is 12.8 Å². The van der Waals surface area contributed by atoms with Crippen LogP contribution in [0.5, 0.6) is 0 Å². The van der Waals surface area contributed by atoms with E-state index in [1.807, 2.05) is 0 Å². The van der Waals surface area contributed by atoms with Crippen LogP contribution in [0.3, 0.4) is 0 Å². The lowest BCUT2D eigenvalue weighted by Crippen LogP contribution is -2.31. The summed E-state index contributed by atoms with van der Waals surface area (Å²) in [6.07, 6.45) is 3.47. The number of nitrogens with one attached hydrogen (secondary N) is 2. The zero-order valence-corrected chi connectivity index (χ0v) is 14.6. The molecule has 0 bridgehead atoms. The molecule has 26 heavy (non-hydrogen) atoms. The van der Waals surface area contributed by atoms with Gasteiger partial charge < -0.3 is 16.4 Å². The molecule has 0 radical (unpaired) electrons. The number of anilines is 3. The van der Waals surface area contributed by atoms with E-state index >= 15 is 0 Å². The number of benzene rings is 1. The fourth-order valence-electron chi connectivity index (χ4n) is 2.55. The molecule has 7 nitrogen and oxygen atoms in total. The Kier molecular flexibility index (Phi) is 3.92. The number of halogens is 3. The highest BCUT2D eigenvalue weighted by atomic mass is 35.5. The Hall–Kier alpha value is -2.52. The van der Waals surface area contributed by atoms with Crippen LogP contribution in [0.15, 0.2) is 18.3 Å². The van der Waals surface area contributed by atoms with Gasteiger partial charge in [-0.1, -0.05) is 11.6 Å². The maximum absolute atomic E-state index is 13.7. The van der Waals surface area contributed by atoms with Crippen molar-refractivity contribution in [2.45, 2.75) is 18.4 Å². The minimum absolute atomic E-state index is 0.177. The largest absolute Gasteiger partial charge is 0.352 e. The molecule has 1 aromatic carbocycles. The Labute approximate surface area is 152 Å². The van der Waals surface area contributed by atoms with Crippen molar-refractivity contribution >= 4 is 40.1 Å². The number of nitrogens with zero attached hydrogens (tertiary/aromatic N) is 4. The van der Waals surface area contributed by atoms with Gasteiger partial charge >= 0.3 is 0 Å². The van der Waals surface area contributed by atoms with Crippen LogP contribution in [-0.2, 0) is 7.05 Å². The Morgan fingerprint density at radius 3 is 2.62 bits per heavy atom. The molecule has 0 unspecified atom stereocenters. The van der Waals surface area contributed by atoms with Gasteiger partial charge in [0, 0.05) is 24.8 Å². The predicted molar refractivity (Wildman–Crippen MR) is 95.6 cm³/mol. The molecule has 0 spiro atoms. The van der Waals surface area contributed by atoms with Crippen molar-refractivity contribution < 1.29 is 8.78 Å². The first-order valence-corrected chi connectivity index (χ1v) is 8.36. The Balaban J connectivity index is 1.70. The first kappa shape index (κ1) is 16.9. The first-order valence-electron chi connectivity index (χ1n) is 7.99. The Morgan fingerprint density at radius 1 is 1.27 bits per heavy atom. The van der Waals surface area contributed by atoms with Gasteiger partial charge in [0.2, 0.25) is 5.95 Å². The lowest BCUT2D eigenvalue weighted by molar-refractivity contribution is 0.585. The second-order valence-electron chi connectivity index (χ2n) is 6.50. The maximum Gasteiger partial charge on any atom is 0.226 e. The molecule has 2 aromatic heterocycles. The van der Waals surface area contributed by atoms with E-state index in [1.54, 1.807) is 17.9 Å². The van der Waals surface area contributed by atoms with E-state index in [2.05, 4.69) is 25.7 Å². The number of aryl methyl sites for hydroxylation is 1. The Bertz CT molecular complexity index is 977. The minimum atomic E-state index is -0.859. The topological polar surface area (TPSA) is 93.7 Å². The summed E-state index contributed by atoms with van der Waals surface area (Å²) >= 11 is 5.53. The average molecular weight is 380 g/mol. The summed E-state index contributed by atoms with van der Waals surface area (Å²) in [5.41, 5.74) is 6.61. The zero-order chi connectivity index (χ0) is 18.5. The van der Waals surface area contributed by atoms with Crippen molar-refractivity contribution in [2.75, 3.05) is 17.2 Å². The van der Waals surface area contributed by atoms with Gasteiger partial charge in [0.25, 0.3) is 0 Å². The summed E-state index contributed by atoms with van der Waals surface area (Å²) in [6.45, 7) is 0.542. The highest BCUT2D eigenvalue weighted by Crippen LogP contribution is 2.32. The van der Waals surface area contributed by atoms with Crippen LogP contribution >= 0.6 is 11.6 Å². The van der Waals surface area contributed by atoms with Crippen LogP contribution in [0.4, 0.5) is 26.2 Å². The molecule has 2 heterocycles. The van der Waals surface area contributed by atoms with E-state index in [9.17, 15) is 8.78 Å². The molecule has 136 valence electrons. The number of fused-ring (bicyclic) bond motifs is 1. The van der Waals surface area contributed by atoms with Crippen molar-refractivity contribution in [2.24, 2.45) is 12.8 Å². The van der Waals surface area contributed by atoms with Gasteiger partial charge in [-0.2, -0.15) is 15.1 Å². The van der Waals surface area contributed by atoms with Gasteiger partial charge in [0.15, 0.2) is 5.65 Å². The predicted octanol–water partition coefficient (Wildman–Crippen LogP) is 2.94. The molecular formula is C16H16ClF2N7. The molecule has 1 saturated carbocycles. The molecule has 1 fully saturated rings. The molecule has 1 aliphatic rings. The molecule has 10 heteroatoms. The van der Waals surface area contributed by atoms with Crippen molar-refractivity contribution in [3.05, 3.63) is 35.0 Å². The number of hydrogen-bond donors (Lipinski definition) is 3. The SMILES string of the molecule is Cn1ncc2c(Nc3cc(F)c(Cl)c(F)c3)nc(NCC3(N)CC3)nc21. The van der Waals surface area contributed by atoms with Crippen molar-refractivity contribution in [3.63, 3.8) is 0 Å². The van der Waals surface area contributed by atoms with Gasteiger partial charge in [-0.05, 0) is 25.0 Å². The van der Waals surface area contributed by atoms with Gasteiger partial charge in [0.1, 0.15) is 22.5 Å². The standard InChI is InChI=1S/C16H16ClF2N7/c1-26-14-9(6-22-26)13(23-8-4-10(18)12(17)11(19)5-8)24-15(25-14)21-7-16(20)2-3-16/h4-6H,2-3,7,20H2,1H3,(H2,21,23,24,25). The van der Waals surface area contributed by atoms with Crippen molar-refractivity contribution in [1.29, 1.82) is 0 Å². The van der Waals surface area contributed by atoms with Crippen molar-refractivity contribution in [1.82, 2.24) is 19.7 Å². The highest BCUT2D eigenvalue weighted by molar-refractivity contribution is 6.31. The summed E-state index contributed by atoms with van der Waals surface area (Å²) in [5.74, 6) is -0.991. The van der Waals surface area contributed by atoms with E-state index in [0.717, 1.165) is 25.0 Å². The number of aromatic nitrogens is 4. The lowest BCUT2D eigenvalue weighted by atomic mass is 10.3. The normalized spacial score (nSPS) is 15.3. The monoisotopic (exact) mass is 379 g/mol. The third-order valence-corrected chi connectivity index (χ3v) is 4.69. The molecule has 1 aliphatic carbocycles. The molecule has 0 amide bonds. The fourth-order valence-corrected chi connectivity index (χ4v) is 2.66. The third-order valence-electron chi connectivity index (χ3n) is 4.33. The second kappa shape index (κ2) is 6.03. The Morgan fingerprint density at radius 2 is 1.96 bits per heavy atom. The molecule has 0 atom stereocenters. The zero-order valence-electron chi connectivity index (χ0n) is 13.9. The van der Waals surface area contributed by atoms with E-state index in [4.69, 9.17) is 17.3 Å². The quantitative estimate of drug-likeness (QED) is 0.590. The maximum atomic E-state index is 13.7. The summed E-state index contributed by atoms with van der Waals surface area (Å²) < 4.78 is 29.0. The number of nitrogens with two attached hydrogens (primary N) is 1. The van der Waals surface area contributed by atoms with Crippen molar-refractivity contribution in [3.8, 4) is 0 Å². The molecule has 4 N–H and O–H groups in total. The summed E-state index contributed by atoms with van der Waals surface area (Å²) in [6, 6.07) is 2.20. The average Bonchev–Trinajstić information content (AvgIpc) is 3.22. The summed E-state index contributed by atoms with van der Waals surface area (Å²) in [4.78, 5) is 8.83. The van der Waals surface area contributed by atoms with Crippen LogP contribution in [-0.4, -0.2) is 31.8 Å². The number of hydrogen-bond acceptors (Lipinski definition) is 6. The van der Waals surface area contributed by atoms with E-state index < -0.39 is 16.7 Å². The smallest absolute Gasteiger partial charge is 0.226 e. The van der Waals surface area contributed by atoms with Crippen LogP contribution in [0.25, 0.3) is 11.0 Å². The first-order chi connectivity index (χ1) is 12.3. The molecular weight excluding hydrogens is 364 g/mol. The second-order valence-corrected chi connectivity index (χ2v) is 6.87. The van der Waals surface area contributed by atoms with E-state index in [0.29, 0.717) is 29.3 Å². The molecule has 0 aliphatic heterocycles. The minimum Gasteiger partial charge on any atom is -0.352 e. The van der Waals surface area contributed by atoms with Gasteiger partial charge in [-0.25, -0.2) is 8.78 Å². The van der Waals surface area contributed by atoms with Crippen LogP contribution in [0.2, 0.25) is 5.02 Å². The summed E-state index contributed by atoms with van der Waals surface area (Å²) in [5, 5.41) is 10.2. The van der Waals surface area contributed by atoms with Crippen LogP contribution < -0.4 is 16.4 Å². The summed E-state index contributed by atoms with van der Waals surface area (Å²) in [7, 11) is 1.75. The van der Waals surface area contributed by atoms with E-state index in [1.165, 1.54) is 0 Å². The molecule has 0 saturated heterocycles. The van der Waals surface area contributed by atoms with E-state index in [-0.39, 0.29) is 11.2 Å². The van der Waals surface area contributed by atoms with Gasteiger partial charge in [0.05, 0.1) is 11.6 Å². The van der Waals surface area contributed by atoms with Gasteiger partial charge in [-0.3, -0.25) is 4.68 Å². The number of rotatable bonds is 5. The molecule has 4 rings (SSSR count). The fraction of sp³-hybridized carbons (Fsp3) is 0.312. The van der Waals surface area contributed by atoms with Gasteiger partial charge in [-0.15, -0.1) is 0 Å². The third kappa shape index (κ3) is 3.15.